The molecule has 0 radical (unpaired) electrons. The first-order valence-corrected chi connectivity index (χ1v) is 21.4. The molecule has 4 atom stereocenters. The molecule has 0 amide bonds. The van der Waals surface area contributed by atoms with Gasteiger partial charge in [-0.05, 0) is 0 Å². The number of aromatic nitrogens is 7. The summed E-state index contributed by atoms with van der Waals surface area (Å²) in [6.45, 7) is 11.9. The van der Waals surface area contributed by atoms with Crippen LogP contribution >= 0.6 is 46.5 Å². The van der Waals surface area contributed by atoms with E-state index in [1.165, 1.54) is 30.4 Å². The Hall–Kier alpha value is -6.39. The molecule has 0 aromatic carbocycles. The summed E-state index contributed by atoms with van der Waals surface area (Å²) in [6.07, 6.45) is 2.25. The van der Waals surface area contributed by atoms with E-state index < -0.39 is 52.9 Å². The van der Waals surface area contributed by atoms with Crippen molar-refractivity contribution in [3.8, 4) is 0 Å². The Morgan fingerprint density at radius 2 is 1.28 bits per heavy atom. The Morgan fingerprint density at radius 1 is 0.785 bits per heavy atom. The van der Waals surface area contributed by atoms with E-state index in [1.807, 2.05) is 17.1 Å². The Morgan fingerprint density at radius 3 is 1.77 bits per heavy atom. The molecule has 0 bridgehead atoms. The number of thiazole rings is 1. The average molecular weight is 981 g/mol. The van der Waals surface area contributed by atoms with Crippen molar-refractivity contribution in [2.45, 2.75) is 62.5 Å². The molecule has 10 N–H and O–H groups in total. The number of hydrogen-bond acceptors (Lipinski definition) is 23. The molecule has 3 aliphatic heterocycles. The highest BCUT2D eigenvalue weighted by Gasteiger charge is 2.51. The van der Waals surface area contributed by atoms with Crippen molar-refractivity contribution < 1.29 is 38.4 Å². The number of anilines is 5. The smallest absolute Gasteiger partial charge is 0.311 e. The van der Waals surface area contributed by atoms with Crippen LogP contribution in [0, 0.1) is 0 Å². The van der Waals surface area contributed by atoms with Crippen LogP contribution in [0.3, 0.4) is 0 Å². The van der Waals surface area contributed by atoms with E-state index in [4.69, 9.17) is 52.9 Å². The highest BCUT2D eigenvalue weighted by molar-refractivity contribution is 8.04. The van der Waals surface area contributed by atoms with Gasteiger partial charge in [0.05, 0.1) is 16.7 Å². The van der Waals surface area contributed by atoms with Crippen molar-refractivity contribution in [1.82, 2.24) is 34.5 Å². The summed E-state index contributed by atoms with van der Waals surface area (Å²) in [7, 11) is 0. The highest BCUT2D eigenvalue weighted by Crippen LogP contribution is 2.42. The molecule has 4 aromatic rings. The zero-order chi connectivity index (χ0) is 47.0. The Bertz CT molecular complexity index is 2670. The number of allylic oxidation sites excluding steroid dienone is 1. The molecule has 0 aliphatic carbocycles. The predicted octanol–water partition coefficient (Wildman–Crippen LogP) is 1.50. The monoisotopic (exact) mass is 980 g/mol. The molecule has 24 nitrogen and oxygen atoms in total. The molecule has 0 spiro atoms. The summed E-state index contributed by atoms with van der Waals surface area (Å²) in [4.78, 5) is 106. The van der Waals surface area contributed by atoms with Gasteiger partial charge in [-0.15, -0.1) is 11.6 Å². The number of esters is 3. The minimum Gasteiger partial charge on any atom is -0.463 e. The number of alkyl halides is 1. The molecule has 0 saturated carbocycles. The van der Waals surface area contributed by atoms with Crippen LogP contribution in [0.4, 0.5) is 29.5 Å². The fourth-order valence-corrected chi connectivity index (χ4v) is 8.78. The zero-order valence-corrected chi connectivity index (χ0v) is 37.2. The molecule has 28 heteroatoms. The second kappa shape index (κ2) is 22.5. The van der Waals surface area contributed by atoms with Crippen molar-refractivity contribution in [2.75, 3.05) is 59.2 Å². The lowest BCUT2D eigenvalue weighted by Crippen LogP contribution is -2.41. The third-order valence-electron chi connectivity index (χ3n) is 8.50. The normalized spacial score (nSPS) is 18.4. The van der Waals surface area contributed by atoms with Gasteiger partial charge in [0.15, 0.2) is 35.7 Å². The number of nitrogens with one attached hydrogen (secondary N) is 3. The first-order chi connectivity index (χ1) is 30.3. The minimum absolute atomic E-state index is 0. The third kappa shape index (κ3) is 12.2. The molecule has 7 heterocycles. The molecule has 65 heavy (non-hydrogen) atoms. The largest absolute Gasteiger partial charge is 0.463 e. The molecule has 4 aromatic heterocycles. The first kappa shape index (κ1) is 51.2. The average Bonchev–Trinajstić information content (AvgIpc) is 3.91. The number of nitrogens with two attached hydrogens (primary N) is 3. The number of aromatic amines is 3. The second-order valence-electron chi connectivity index (χ2n) is 13.1. The van der Waals surface area contributed by atoms with Crippen molar-refractivity contribution >= 4 is 104 Å². The molecule has 3 aliphatic rings. The quantitative estimate of drug-likeness (QED) is 0.0484. The van der Waals surface area contributed by atoms with E-state index >= 15 is 0 Å². The summed E-state index contributed by atoms with van der Waals surface area (Å²) in [6, 6.07) is 0. The number of carbonyl (C=O) groups is 3. The van der Waals surface area contributed by atoms with E-state index in [0.29, 0.717) is 56.8 Å². The van der Waals surface area contributed by atoms with Crippen LogP contribution in [0.2, 0.25) is 0 Å². The number of thioether (sulfide) groups is 2. The molecule has 1 saturated heterocycles. The third-order valence-corrected chi connectivity index (χ3v) is 11.7. The number of carbonyl (C=O) groups excluding carboxylic acids is 3. The topological polar surface area (TPSA) is 352 Å². The van der Waals surface area contributed by atoms with Gasteiger partial charge >= 0.3 is 22.8 Å². The number of aliphatic hydroxyl groups excluding tert-OH is 1. The fraction of sp³-hybridized carbons (Fsp3) is 0.351. The van der Waals surface area contributed by atoms with Gasteiger partial charge in [0.2, 0.25) is 17.8 Å². The Labute approximate surface area is 385 Å². The first-order valence-electron chi connectivity index (χ1n) is 18.4. The van der Waals surface area contributed by atoms with Crippen LogP contribution in [-0.2, 0) is 33.3 Å². The maximum atomic E-state index is 12.7. The van der Waals surface area contributed by atoms with Gasteiger partial charge in [-0.2, -0.15) is 15.0 Å². The van der Waals surface area contributed by atoms with Gasteiger partial charge in [-0.3, -0.25) is 53.1 Å². The summed E-state index contributed by atoms with van der Waals surface area (Å²) in [5, 5.41) is 10.1. The molecular weight excluding hydrogens is 936 g/mol. The maximum absolute atomic E-state index is 12.7. The maximum Gasteiger partial charge on any atom is 0.311 e. The second-order valence-corrected chi connectivity index (χ2v) is 16.5. The van der Waals surface area contributed by atoms with Crippen molar-refractivity contribution in [1.29, 1.82) is 0 Å². The summed E-state index contributed by atoms with van der Waals surface area (Å²) < 4.78 is 22.2. The Kier molecular flexibility index (Phi) is 17.7. The van der Waals surface area contributed by atoms with Crippen LogP contribution in [0.15, 0.2) is 76.5 Å². The van der Waals surface area contributed by atoms with Crippen LogP contribution < -0.4 is 48.6 Å². The molecule has 7 rings (SSSR count). The van der Waals surface area contributed by atoms with E-state index in [9.17, 15) is 33.6 Å². The van der Waals surface area contributed by atoms with Gasteiger partial charge in [0.1, 0.15) is 27.2 Å². The lowest BCUT2D eigenvalue weighted by Gasteiger charge is -2.23. The zero-order valence-electron chi connectivity index (χ0n) is 34.0. The van der Waals surface area contributed by atoms with Crippen LogP contribution in [0.5, 0.6) is 0 Å². The molecule has 0 unspecified atom stereocenters. The van der Waals surface area contributed by atoms with Crippen LogP contribution in [0.25, 0.3) is 10.3 Å². The number of rotatable bonds is 11. The van der Waals surface area contributed by atoms with Gasteiger partial charge in [-0.25, -0.2) is 0 Å². The van der Waals surface area contributed by atoms with Crippen molar-refractivity contribution in [2.24, 2.45) is 0 Å². The molecular formula is C37H45ClN12O12S3. The number of aliphatic hydroxyl groups is 1. The summed E-state index contributed by atoms with van der Waals surface area (Å²) >= 11 is 8.70. The standard InChI is InChI=1S/C16H18N4O9S.C10H11ClN4OS.C10H12N4O2S.CH4/c1-5(21)26-4-8-9(27-6(2)22)10(28-7(3)23)14(29-8)20-12-11(30-16(20)25)13(24)19-15(17)18-12;1-6-15(5-3-2-4-11)8-7(17-6)9(16)14-10(12)13-8;1-6-14(4-2-3-5-15)8-7(17-6)9(16)13-10(11)12-8;/h8-10,14H,4H2,1-3H3,(H3,17,18,19,24);2-3H,1,4-5H2,(H3,12,13,14,16);2-3,15H,1,4-5H2,(H3,11,12,13,16);1H4/b;2*3-2+;/t8-,9+,10-,14-;;;/m1.../s1. The van der Waals surface area contributed by atoms with Gasteiger partial charge in [0, 0.05) is 39.7 Å². The highest BCUT2D eigenvalue weighted by atomic mass is 35.5. The summed E-state index contributed by atoms with van der Waals surface area (Å²) in [5.74, 6) is -0.598. The lowest BCUT2D eigenvalue weighted by atomic mass is 10.1. The number of ether oxygens (including phenoxy) is 4. The van der Waals surface area contributed by atoms with Crippen molar-refractivity contribution in [3.63, 3.8) is 0 Å². The van der Waals surface area contributed by atoms with E-state index in [2.05, 4.69) is 43.1 Å². The molecule has 1 fully saturated rings. The fourth-order valence-electron chi connectivity index (χ4n) is 6.01. The SMILES string of the molecule is C.C=C1Sc2c(nc(N)[nH]c2=O)N1C/C=C/CCl.C=C1Sc2c(nc(N)[nH]c2=O)N1C/C=C/CO.CC(=O)OC[C@H]1O[C@@H](n2c(=O)sc3c(=O)[nH]c(N)nc32)[C@H](OC(C)=O)[C@H]1OC(C)=O. The van der Waals surface area contributed by atoms with Gasteiger partial charge in [0.25, 0.3) is 16.7 Å². The Balaban J connectivity index is 0.000000226. The van der Waals surface area contributed by atoms with E-state index in [0.717, 1.165) is 23.4 Å². The van der Waals surface area contributed by atoms with E-state index in [1.54, 1.807) is 17.1 Å². The number of nitrogen functional groups attached to an aromatic ring is 3. The van der Waals surface area contributed by atoms with Crippen LogP contribution in [-0.4, -0.2) is 108 Å². The van der Waals surface area contributed by atoms with Crippen molar-refractivity contribution in [3.05, 3.63) is 88.2 Å². The lowest BCUT2D eigenvalue weighted by molar-refractivity contribution is -0.166. The number of H-pyrrole nitrogens is 3. The van der Waals surface area contributed by atoms with Crippen LogP contribution in [0.1, 0.15) is 34.4 Å². The van der Waals surface area contributed by atoms with Gasteiger partial charge < -0.3 is 51.1 Å². The predicted molar refractivity (Wildman–Crippen MR) is 247 cm³/mol. The number of fused-ring (bicyclic) bond motifs is 3. The number of hydrogen-bond donors (Lipinski definition) is 7. The number of halogens is 1. The minimum atomic E-state index is -1.33. The van der Waals surface area contributed by atoms with Gasteiger partial charge in [-0.1, -0.05) is 79.7 Å². The summed E-state index contributed by atoms with van der Waals surface area (Å²) in [5.41, 5.74) is 15.4. The number of nitrogens with zero attached hydrogens (tertiary/aromatic N) is 6. The van der Waals surface area contributed by atoms with E-state index in [-0.39, 0.29) is 60.0 Å². The molecule has 350 valence electrons.